The van der Waals surface area contributed by atoms with Gasteiger partial charge in [-0.15, -0.1) is 0 Å². The van der Waals surface area contributed by atoms with Crippen LogP contribution in [0.1, 0.15) is 18.9 Å². The second-order valence-corrected chi connectivity index (χ2v) is 4.45. The third-order valence-corrected chi connectivity index (χ3v) is 3.31. The van der Waals surface area contributed by atoms with Crippen molar-refractivity contribution in [3.63, 3.8) is 0 Å². The highest BCUT2D eigenvalue weighted by Crippen LogP contribution is 2.31. The average Bonchev–Trinajstić information content (AvgIpc) is 2.40. The fraction of sp³-hybridized carbons (Fsp3) is 0.357. The fourth-order valence-electron chi connectivity index (χ4n) is 2.58. The predicted molar refractivity (Wildman–Crippen MR) is 71.9 cm³/mol. The summed E-state index contributed by atoms with van der Waals surface area (Å²) in [5, 5.41) is 2.93. The lowest BCUT2D eigenvalue weighted by Crippen LogP contribution is -2.33. The van der Waals surface area contributed by atoms with Crippen LogP contribution in [-0.4, -0.2) is 18.1 Å². The van der Waals surface area contributed by atoms with E-state index in [9.17, 15) is 4.79 Å². The number of aromatic amines is 1. The summed E-state index contributed by atoms with van der Waals surface area (Å²) in [6.07, 6.45) is 1.77. The Morgan fingerprint density at radius 1 is 1.39 bits per heavy atom. The molecule has 0 unspecified atom stereocenters. The zero-order chi connectivity index (χ0) is 12.5. The Hall–Kier alpha value is -1.81. The Kier molecular flexibility index (Phi) is 2.80. The maximum Gasteiger partial charge on any atom is 0.253 e. The minimum atomic E-state index is 0.00750. The molecule has 0 saturated carbocycles. The largest absolute Gasteiger partial charge is 0.322 e. The first-order valence-corrected chi connectivity index (χ1v) is 6.35. The molecule has 1 aromatic heterocycles. The Bertz CT molecular complexity index is 633. The molecule has 94 valence electrons. The van der Waals surface area contributed by atoms with Gasteiger partial charge < -0.3 is 4.98 Å². The third kappa shape index (κ3) is 1.69. The summed E-state index contributed by atoms with van der Waals surface area (Å²) in [6.45, 7) is 3.42. The number of hydrogen-bond donors (Lipinski definition) is 1. The van der Waals surface area contributed by atoms with Gasteiger partial charge in [-0.2, -0.15) is 0 Å². The van der Waals surface area contributed by atoms with Gasteiger partial charge in [0.15, 0.2) is 0 Å². The molecule has 1 N–H and O–H groups in total. The van der Waals surface area contributed by atoms with Crippen LogP contribution in [0.3, 0.4) is 0 Å². The summed E-state index contributed by atoms with van der Waals surface area (Å²) in [7, 11) is 0. The van der Waals surface area contributed by atoms with Gasteiger partial charge >= 0.3 is 0 Å². The van der Waals surface area contributed by atoms with Crippen LogP contribution >= 0.6 is 0 Å². The van der Waals surface area contributed by atoms with E-state index < -0.39 is 0 Å². The number of para-hydroxylation sites is 1. The molecule has 0 aliphatic carbocycles. The lowest BCUT2D eigenvalue weighted by Gasteiger charge is -2.30. The van der Waals surface area contributed by atoms with Crippen LogP contribution in [0.2, 0.25) is 0 Å². The summed E-state index contributed by atoms with van der Waals surface area (Å²) in [6, 6.07) is 7.87. The second-order valence-electron chi connectivity index (χ2n) is 4.45. The smallest absolute Gasteiger partial charge is 0.253 e. The summed E-state index contributed by atoms with van der Waals surface area (Å²) >= 11 is 0. The molecular weight excluding hydrogens is 228 g/mol. The molecule has 1 aromatic carbocycles. The van der Waals surface area contributed by atoms with Crippen molar-refractivity contribution in [1.29, 1.82) is 0 Å². The number of fused-ring (bicyclic) bond motifs is 3. The molecule has 1 aliphatic rings. The molecule has 0 bridgehead atoms. The van der Waals surface area contributed by atoms with Crippen molar-refractivity contribution >= 4 is 16.6 Å². The number of nitrogens with one attached hydrogen (secondary N) is 1. The van der Waals surface area contributed by atoms with Crippen molar-refractivity contribution in [1.82, 2.24) is 4.98 Å². The van der Waals surface area contributed by atoms with Crippen molar-refractivity contribution in [3.8, 4) is 0 Å². The number of aromatic nitrogens is 1. The average molecular weight is 244 g/mol. The van der Waals surface area contributed by atoms with E-state index in [1.165, 1.54) is 0 Å². The van der Waals surface area contributed by atoms with Gasteiger partial charge in [0, 0.05) is 17.5 Å². The van der Waals surface area contributed by atoms with Crippen LogP contribution in [0, 0.1) is 0 Å². The Morgan fingerprint density at radius 3 is 3.06 bits per heavy atom. The molecule has 2 aromatic rings. The molecule has 0 spiro atoms. The quantitative estimate of drug-likeness (QED) is 0.881. The normalized spacial score (nSPS) is 14.8. The molecule has 18 heavy (non-hydrogen) atoms. The number of pyridine rings is 1. The lowest BCUT2D eigenvalue weighted by molar-refractivity contribution is 0.116. The van der Waals surface area contributed by atoms with Gasteiger partial charge in [0.25, 0.3) is 5.56 Å². The zero-order valence-electron chi connectivity index (χ0n) is 10.4. The van der Waals surface area contributed by atoms with Crippen molar-refractivity contribution in [2.75, 3.05) is 18.2 Å². The van der Waals surface area contributed by atoms with Crippen LogP contribution in [0.4, 0.5) is 5.69 Å². The van der Waals surface area contributed by atoms with Crippen molar-refractivity contribution < 1.29 is 4.84 Å². The van der Waals surface area contributed by atoms with Crippen LogP contribution in [-0.2, 0) is 11.3 Å². The fourth-order valence-corrected chi connectivity index (χ4v) is 2.58. The van der Waals surface area contributed by atoms with Gasteiger partial charge in [-0.3, -0.25) is 14.7 Å². The van der Waals surface area contributed by atoms with Crippen molar-refractivity contribution in [3.05, 3.63) is 40.2 Å². The number of benzene rings is 1. The molecule has 0 fully saturated rings. The first-order valence-electron chi connectivity index (χ1n) is 6.35. The minimum Gasteiger partial charge on any atom is -0.322 e. The third-order valence-electron chi connectivity index (χ3n) is 3.31. The molecule has 4 heteroatoms. The van der Waals surface area contributed by atoms with Gasteiger partial charge in [0.1, 0.15) is 0 Å². The Balaban J connectivity index is 2.30. The number of nitrogens with zero attached hydrogens (tertiary/aromatic N) is 1. The van der Waals surface area contributed by atoms with E-state index in [1.807, 2.05) is 36.3 Å². The standard InChI is InChI=1S/C14H16N2O2/c1-2-18-16-9-5-7-11-13(16)10-6-3-4-8-12(10)15-14(11)17/h3-4,6,8H,2,5,7,9H2,1H3,(H,15,17). The molecule has 3 rings (SSSR count). The molecule has 2 heterocycles. The van der Waals surface area contributed by atoms with Gasteiger partial charge in [0.05, 0.1) is 17.8 Å². The van der Waals surface area contributed by atoms with Gasteiger partial charge in [0.2, 0.25) is 0 Å². The Morgan fingerprint density at radius 2 is 2.22 bits per heavy atom. The number of hydroxylamine groups is 1. The summed E-state index contributed by atoms with van der Waals surface area (Å²) in [4.78, 5) is 20.7. The van der Waals surface area contributed by atoms with Crippen molar-refractivity contribution in [2.24, 2.45) is 0 Å². The summed E-state index contributed by atoms with van der Waals surface area (Å²) < 4.78 is 0. The van der Waals surface area contributed by atoms with E-state index in [0.29, 0.717) is 6.61 Å². The summed E-state index contributed by atoms with van der Waals surface area (Å²) in [5.74, 6) is 0. The van der Waals surface area contributed by atoms with Gasteiger partial charge in [-0.05, 0) is 25.8 Å². The zero-order valence-corrected chi connectivity index (χ0v) is 10.4. The van der Waals surface area contributed by atoms with Crippen LogP contribution in [0.15, 0.2) is 29.1 Å². The van der Waals surface area contributed by atoms with E-state index in [1.54, 1.807) is 0 Å². The first kappa shape index (κ1) is 11.3. The SMILES string of the molecule is CCON1CCCc2c1c1ccccc1[nH]c2=O. The van der Waals surface area contributed by atoms with Gasteiger partial charge in [-0.1, -0.05) is 18.2 Å². The first-order chi connectivity index (χ1) is 8.81. The Labute approximate surface area is 105 Å². The highest BCUT2D eigenvalue weighted by Gasteiger charge is 2.22. The molecule has 0 saturated heterocycles. The molecule has 4 nitrogen and oxygen atoms in total. The highest BCUT2D eigenvalue weighted by molar-refractivity contribution is 5.93. The predicted octanol–water partition coefficient (Wildman–Crippen LogP) is 2.23. The number of H-pyrrole nitrogens is 1. The van der Waals surface area contributed by atoms with E-state index in [-0.39, 0.29) is 5.56 Å². The molecule has 0 atom stereocenters. The number of hydrogen-bond acceptors (Lipinski definition) is 3. The topological polar surface area (TPSA) is 45.3 Å². The maximum atomic E-state index is 12.1. The number of rotatable bonds is 2. The maximum absolute atomic E-state index is 12.1. The molecule has 1 aliphatic heterocycles. The van der Waals surface area contributed by atoms with E-state index >= 15 is 0 Å². The monoisotopic (exact) mass is 244 g/mol. The second kappa shape index (κ2) is 4.46. The van der Waals surface area contributed by atoms with Crippen LogP contribution in [0.25, 0.3) is 10.9 Å². The van der Waals surface area contributed by atoms with Crippen molar-refractivity contribution in [2.45, 2.75) is 19.8 Å². The van der Waals surface area contributed by atoms with Crippen LogP contribution in [0.5, 0.6) is 0 Å². The number of anilines is 1. The molecular formula is C14H16N2O2. The van der Waals surface area contributed by atoms with E-state index in [4.69, 9.17) is 4.84 Å². The van der Waals surface area contributed by atoms with Crippen LogP contribution < -0.4 is 10.6 Å². The van der Waals surface area contributed by atoms with E-state index in [0.717, 1.165) is 41.5 Å². The summed E-state index contributed by atoms with van der Waals surface area (Å²) in [5.41, 5.74) is 2.66. The minimum absolute atomic E-state index is 0.00750. The lowest BCUT2D eigenvalue weighted by atomic mass is 10.0. The van der Waals surface area contributed by atoms with E-state index in [2.05, 4.69) is 4.98 Å². The van der Waals surface area contributed by atoms with Gasteiger partial charge in [-0.25, -0.2) is 0 Å². The molecule has 0 radical (unpaired) electrons. The highest BCUT2D eigenvalue weighted by atomic mass is 16.7. The molecule has 0 amide bonds.